The molecule has 0 saturated carbocycles. The quantitative estimate of drug-likeness (QED) is 0.575. The average Bonchev–Trinajstić information content (AvgIpc) is 2.78. The lowest BCUT2D eigenvalue weighted by atomic mass is 10.1. The molecule has 0 spiro atoms. The van der Waals surface area contributed by atoms with Gasteiger partial charge in [0.2, 0.25) is 5.91 Å². The van der Waals surface area contributed by atoms with E-state index in [1.807, 2.05) is 66.7 Å². The normalized spacial score (nSPS) is 11.5. The minimum atomic E-state index is -0.651. The lowest BCUT2D eigenvalue weighted by molar-refractivity contribution is -0.128. The van der Waals surface area contributed by atoms with Gasteiger partial charge in [-0.15, -0.1) is 0 Å². The topological polar surface area (TPSA) is 58.6 Å². The van der Waals surface area contributed by atoms with Crippen molar-refractivity contribution in [3.05, 3.63) is 84.4 Å². The van der Waals surface area contributed by atoms with Crippen LogP contribution in [0.3, 0.4) is 0 Å². The molecule has 1 atom stereocenters. The summed E-state index contributed by atoms with van der Waals surface area (Å²) in [5.41, 5.74) is 3.91. The Hall–Kier alpha value is -3.60. The number of benzene rings is 3. The van der Waals surface area contributed by atoms with Crippen molar-refractivity contribution < 1.29 is 14.3 Å². The van der Waals surface area contributed by atoms with Gasteiger partial charge in [0.05, 0.1) is 0 Å². The van der Waals surface area contributed by atoms with Gasteiger partial charge in [-0.2, -0.15) is 0 Å². The van der Waals surface area contributed by atoms with Gasteiger partial charge in [-0.3, -0.25) is 9.59 Å². The number of hydrogen-bond acceptors (Lipinski definition) is 3. The number of carbonyl (C=O) groups is 2. The van der Waals surface area contributed by atoms with Crippen LogP contribution in [-0.2, 0) is 16.0 Å². The van der Waals surface area contributed by atoms with E-state index in [4.69, 9.17) is 4.74 Å². The van der Waals surface area contributed by atoms with Gasteiger partial charge in [0.25, 0.3) is 5.91 Å². The average molecular weight is 417 g/mol. The van der Waals surface area contributed by atoms with Gasteiger partial charge in [-0.05, 0) is 54.3 Å². The second-order valence-electron chi connectivity index (χ2n) is 7.63. The fourth-order valence-electron chi connectivity index (χ4n) is 3.14. The molecule has 1 N–H and O–H groups in total. The molecule has 0 bridgehead atoms. The zero-order valence-electron chi connectivity index (χ0n) is 18.2. The lowest BCUT2D eigenvalue weighted by Crippen LogP contribution is -2.30. The first-order valence-corrected chi connectivity index (χ1v) is 10.3. The van der Waals surface area contributed by atoms with Crippen LogP contribution in [0, 0.1) is 0 Å². The molecular weight excluding hydrogens is 388 g/mol. The van der Waals surface area contributed by atoms with Gasteiger partial charge in [-0.1, -0.05) is 54.6 Å². The molecule has 0 aliphatic carbocycles. The summed E-state index contributed by atoms with van der Waals surface area (Å²) < 4.78 is 5.81. The maximum absolute atomic E-state index is 12.6. The van der Waals surface area contributed by atoms with Crippen molar-refractivity contribution in [1.29, 1.82) is 0 Å². The highest BCUT2D eigenvalue weighted by molar-refractivity contribution is 5.94. The zero-order valence-corrected chi connectivity index (χ0v) is 18.2. The van der Waals surface area contributed by atoms with Gasteiger partial charge in [-0.25, -0.2) is 0 Å². The van der Waals surface area contributed by atoms with E-state index < -0.39 is 6.10 Å². The number of carbonyl (C=O) groups excluding carboxylic acids is 2. The van der Waals surface area contributed by atoms with Gasteiger partial charge >= 0.3 is 0 Å². The zero-order chi connectivity index (χ0) is 22.2. The molecule has 1 unspecified atom stereocenters. The Morgan fingerprint density at radius 2 is 1.58 bits per heavy atom. The summed E-state index contributed by atoms with van der Waals surface area (Å²) in [6.45, 7) is 1.72. The van der Waals surface area contributed by atoms with Crippen LogP contribution in [0.4, 0.5) is 5.69 Å². The van der Waals surface area contributed by atoms with Crippen molar-refractivity contribution >= 4 is 17.5 Å². The number of amides is 2. The van der Waals surface area contributed by atoms with E-state index in [1.54, 1.807) is 25.9 Å². The summed E-state index contributed by atoms with van der Waals surface area (Å²) in [5, 5.41) is 2.89. The molecule has 0 heterocycles. The largest absolute Gasteiger partial charge is 0.481 e. The number of aryl methyl sites for hydroxylation is 1. The van der Waals surface area contributed by atoms with E-state index in [0.29, 0.717) is 24.3 Å². The Bertz CT molecular complexity index is 1010. The summed E-state index contributed by atoms with van der Waals surface area (Å²) in [6, 6.07) is 25.3. The number of rotatable bonds is 8. The standard InChI is InChI=1S/C26H28N2O3/c1-19(31-24-15-13-22(14-16-24)21-9-5-4-6-10-21)26(30)27-23-11-7-8-20(18-23)12-17-25(29)28(2)3/h4-11,13-16,18-19H,12,17H2,1-3H3,(H,27,30). The first-order valence-electron chi connectivity index (χ1n) is 10.3. The van der Waals surface area contributed by atoms with Crippen LogP contribution in [0.1, 0.15) is 18.9 Å². The highest BCUT2D eigenvalue weighted by atomic mass is 16.5. The predicted molar refractivity (Wildman–Crippen MR) is 124 cm³/mol. The molecule has 3 aromatic rings. The van der Waals surface area contributed by atoms with Crippen LogP contribution in [0.5, 0.6) is 5.75 Å². The molecule has 3 rings (SSSR count). The van der Waals surface area contributed by atoms with Gasteiger partial charge in [0.1, 0.15) is 5.75 Å². The molecule has 5 heteroatoms. The SMILES string of the molecule is CC(Oc1ccc(-c2ccccc2)cc1)C(=O)Nc1cccc(CCC(=O)N(C)C)c1. The third-order valence-electron chi connectivity index (χ3n) is 4.96. The summed E-state index contributed by atoms with van der Waals surface area (Å²) in [4.78, 5) is 25.9. The van der Waals surface area contributed by atoms with E-state index in [1.165, 1.54) is 0 Å². The number of nitrogens with zero attached hydrogens (tertiary/aromatic N) is 1. The van der Waals surface area contributed by atoms with Gasteiger partial charge in [0, 0.05) is 26.2 Å². The fourth-order valence-corrected chi connectivity index (χ4v) is 3.14. The van der Waals surface area contributed by atoms with Crippen LogP contribution in [0.2, 0.25) is 0 Å². The first kappa shape index (κ1) is 22.1. The summed E-state index contributed by atoms with van der Waals surface area (Å²) in [5.74, 6) is 0.488. The van der Waals surface area contributed by atoms with E-state index in [2.05, 4.69) is 17.4 Å². The number of ether oxygens (including phenoxy) is 1. The summed E-state index contributed by atoms with van der Waals surface area (Å²) >= 11 is 0. The number of hydrogen-bond donors (Lipinski definition) is 1. The smallest absolute Gasteiger partial charge is 0.265 e. The molecule has 160 valence electrons. The van der Waals surface area contributed by atoms with Crippen molar-refractivity contribution in [3.8, 4) is 16.9 Å². The Labute approximate surface area is 183 Å². The van der Waals surface area contributed by atoms with Crippen molar-refractivity contribution in [1.82, 2.24) is 4.90 Å². The van der Waals surface area contributed by atoms with Crippen LogP contribution in [0.15, 0.2) is 78.9 Å². The second-order valence-corrected chi connectivity index (χ2v) is 7.63. The second kappa shape index (κ2) is 10.4. The molecule has 3 aromatic carbocycles. The van der Waals surface area contributed by atoms with Crippen molar-refractivity contribution in [2.45, 2.75) is 25.9 Å². The van der Waals surface area contributed by atoms with Crippen molar-refractivity contribution in [2.75, 3.05) is 19.4 Å². The van der Waals surface area contributed by atoms with E-state index in [-0.39, 0.29) is 11.8 Å². The molecule has 2 amide bonds. The molecule has 0 aromatic heterocycles. The first-order chi connectivity index (χ1) is 14.9. The molecule has 0 radical (unpaired) electrons. The predicted octanol–water partition coefficient (Wildman–Crippen LogP) is 4.78. The van der Waals surface area contributed by atoms with Crippen LogP contribution in [-0.4, -0.2) is 36.9 Å². The fraction of sp³-hybridized carbons (Fsp3) is 0.231. The van der Waals surface area contributed by atoms with Crippen molar-refractivity contribution in [3.63, 3.8) is 0 Å². The maximum Gasteiger partial charge on any atom is 0.265 e. The van der Waals surface area contributed by atoms with Gasteiger partial charge in [0.15, 0.2) is 6.10 Å². The molecular formula is C26H28N2O3. The monoisotopic (exact) mass is 416 g/mol. The summed E-state index contributed by atoms with van der Waals surface area (Å²) in [7, 11) is 3.49. The maximum atomic E-state index is 12.6. The van der Waals surface area contributed by atoms with Crippen molar-refractivity contribution in [2.24, 2.45) is 0 Å². The minimum Gasteiger partial charge on any atom is -0.481 e. The van der Waals surface area contributed by atoms with Crippen LogP contribution in [0.25, 0.3) is 11.1 Å². The molecule has 0 aliphatic heterocycles. The summed E-state index contributed by atoms with van der Waals surface area (Å²) in [6.07, 6.45) is 0.408. The molecule has 0 fully saturated rings. The molecule has 0 aliphatic rings. The van der Waals surface area contributed by atoms with Gasteiger partial charge < -0.3 is 15.0 Å². The third kappa shape index (κ3) is 6.44. The van der Waals surface area contributed by atoms with E-state index in [0.717, 1.165) is 16.7 Å². The number of nitrogens with one attached hydrogen (secondary N) is 1. The Balaban J connectivity index is 1.56. The number of anilines is 1. The Morgan fingerprint density at radius 1 is 0.903 bits per heavy atom. The molecule has 0 saturated heterocycles. The Morgan fingerprint density at radius 3 is 2.26 bits per heavy atom. The lowest BCUT2D eigenvalue weighted by Gasteiger charge is -2.16. The van der Waals surface area contributed by atoms with Crippen LogP contribution < -0.4 is 10.1 Å². The van der Waals surface area contributed by atoms with Crippen LogP contribution >= 0.6 is 0 Å². The highest BCUT2D eigenvalue weighted by Gasteiger charge is 2.15. The minimum absolute atomic E-state index is 0.0785. The third-order valence-corrected chi connectivity index (χ3v) is 4.96. The highest BCUT2D eigenvalue weighted by Crippen LogP contribution is 2.23. The van der Waals surface area contributed by atoms with E-state index >= 15 is 0 Å². The molecule has 5 nitrogen and oxygen atoms in total. The molecule has 31 heavy (non-hydrogen) atoms. The Kier molecular flexibility index (Phi) is 7.44. The van der Waals surface area contributed by atoms with E-state index in [9.17, 15) is 9.59 Å².